The van der Waals surface area contributed by atoms with Crippen molar-refractivity contribution in [1.82, 2.24) is 0 Å². The molecule has 0 radical (unpaired) electrons. The number of carbonyl (C=O) groups is 3. The topological polar surface area (TPSA) is 78.9 Å². The molecule has 2 aliphatic rings. The third-order valence-corrected chi connectivity index (χ3v) is 9.63. The van der Waals surface area contributed by atoms with Crippen molar-refractivity contribution in [2.75, 3.05) is 6.61 Å². The maximum Gasteiger partial charge on any atom is 0.316 e. The maximum absolute atomic E-state index is 14.0. The molecule has 0 saturated heterocycles. The van der Waals surface area contributed by atoms with E-state index in [0.717, 1.165) is 40.8 Å². The quantitative estimate of drug-likeness (QED) is 0.124. The van der Waals surface area contributed by atoms with Crippen LogP contribution >= 0.6 is 0 Å². The molecule has 5 rings (SSSR count). The summed E-state index contributed by atoms with van der Waals surface area (Å²) < 4.78 is 17.8. The van der Waals surface area contributed by atoms with Gasteiger partial charge in [0, 0.05) is 0 Å². The number of ether oxygens (including phenoxy) is 3. The Morgan fingerprint density at radius 1 is 0.750 bits per heavy atom. The first-order valence-corrected chi connectivity index (χ1v) is 16.2. The van der Waals surface area contributed by atoms with Crippen molar-refractivity contribution in [3.05, 3.63) is 54.6 Å². The van der Waals surface area contributed by atoms with E-state index in [1.807, 2.05) is 65.0 Å². The van der Waals surface area contributed by atoms with Gasteiger partial charge < -0.3 is 14.2 Å². The van der Waals surface area contributed by atoms with Crippen LogP contribution in [-0.4, -0.2) is 30.6 Å². The zero-order valence-electron chi connectivity index (χ0n) is 27.4. The Kier molecular flexibility index (Phi) is 8.85. The number of hydrogen-bond acceptors (Lipinski definition) is 6. The number of carbonyl (C=O) groups excluding carboxylic acids is 3. The minimum Gasteiger partial charge on any atom is -0.465 e. The van der Waals surface area contributed by atoms with Gasteiger partial charge in [0.2, 0.25) is 0 Å². The van der Waals surface area contributed by atoms with Gasteiger partial charge >= 0.3 is 17.9 Å². The monoisotopic (exact) mass is 600 g/mol. The zero-order chi connectivity index (χ0) is 31.9. The van der Waals surface area contributed by atoms with Crippen LogP contribution in [0.3, 0.4) is 0 Å². The highest BCUT2D eigenvalue weighted by Gasteiger charge is 2.51. The van der Waals surface area contributed by atoms with Crippen LogP contribution in [0.4, 0.5) is 0 Å². The Labute approximate surface area is 261 Å². The molecule has 2 saturated carbocycles. The summed E-state index contributed by atoms with van der Waals surface area (Å²) in [6, 6.07) is 18.0. The average molecular weight is 601 g/mol. The molecule has 2 aliphatic carbocycles. The van der Waals surface area contributed by atoms with Crippen molar-refractivity contribution in [3.63, 3.8) is 0 Å². The molecule has 6 nitrogen and oxygen atoms in total. The number of fused-ring (bicyclic) bond motifs is 4. The molecule has 0 N–H and O–H groups in total. The van der Waals surface area contributed by atoms with Crippen molar-refractivity contribution in [2.45, 2.75) is 93.1 Å². The molecule has 3 aromatic rings. The largest absolute Gasteiger partial charge is 0.465 e. The lowest BCUT2D eigenvalue weighted by Crippen LogP contribution is -2.45. The lowest BCUT2D eigenvalue weighted by atomic mass is 9.66. The predicted octanol–water partition coefficient (Wildman–Crippen LogP) is 8.67. The van der Waals surface area contributed by atoms with Crippen LogP contribution in [0, 0.1) is 34.0 Å². The minimum absolute atomic E-state index is 0.0969. The van der Waals surface area contributed by atoms with Gasteiger partial charge in [-0.05, 0) is 137 Å². The van der Waals surface area contributed by atoms with E-state index in [0.29, 0.717) is 24.2 Å². The molecule has 0 spiro atoms. The highest BCUT2D eigenvalue weighted by molar-refractivity contribution is 5.99. The van der Waals surface area contributed by atoms with Gasteiger partial charge in [-0.3, -0.25) is 14.4 Å². The molecular weight excluding hydrogens is 552 g/mol. The molecule has 0 heterocycles. The van der Waals surface area contributed by atoms with Crippen LogP contribution in [-0.2, 0) is 23.9 Å². The van der Waals surface area contributed by atoms with Crippen LogP contribution in [0.5, 0.6) is 5.75 Å². The van der Waals surface area contributed by atoms with E-state index < -0.39 is 22.2 Å². The predicted molar refractivity (Wildman–Crippen MR) is 173 cm³/mol. The van der Waals surface area contributed by atoms with Crippen LogP contribution in [0.1, 0.15) is 87.0 Å². The fourth-order valence-electron chi connectivity index (χ4n) is 7.58. The summed E-state index contributed by atoms with van der Waals surface area (Å²) in [5.41, 5.74) is -3.12. The van der Waals surface area contributed by atoms with E-state index in [9.17, 15) is 14.4 Å². The van der Waals surface area contributed by atoms with Crippen LogP contribution in [0.2, 0.25) is 0 Å². The van der Waals surface area contributed by atoms with E-state index in [2.05, 4.69) is 24.3 Å². The molecule has 0 amide bonds. The molecule has 0 aromatic heterocycles. The molecular formula is C38H48O6. The van der Waals surface area contributed by atoms with Gasteiger partial charge in [0.15, 0.2) is 0 Å². The van der Waals surface area contributed by atoms with Gasteiger partial charge in [-0.25, -0.2) is 0 Å². The Morgan fingerprint density at radius 3 is 1.95 bits per heavy atom. The molecule has 6 heteroatoms. The van der Waals surface area contributed by atoms with Crippen molar-refractivity contribution in [2.24, 2.45) is 34.0 Å². The Morgan fingerprint density at radius 2 is 1.36 bits per heavy atom. The summed E-state index contributed by atoms with van der Waals surface area (Å²) in [6.45, 7) is 13.3. The number of hydrogen-bond donors (Lipinski definition) is 0. The van der Waals surface area contributed by atoms with Crippen molar-refractivity contribution in [1.29, 1.82) is 0 Å². The van der Waals surface area contributed by atoms with Crippen molar-refractivity contribution >= 4 is 39.5 Å². The highest BCUT2D eigenvalue weighted by Crippen LogP contribution is 2.49. The maximum atomic E-state index is 14.0. The van der Waals surface area contributed by atoms with Crippen molar-refractivity contribution in [3.8, 4) is 5.75 Å². The van der Waals surface area contributed by atoms with Gasteiger partial charge in [0.25, 0.3) is 0 Å². The van der Waals surface area contributed by atoms with Gasteiger partial charge in [0.1, 0.15) is 11.9 Å². The van der Waals surface area contributed by atoms with Crippen molar-refractivity contribution < 1.29 is 28.6 Å². The minimum atomic E-state index is -1.12. The molecule has 236 valence electrons. The van der Waals surface area contributed by atoms with Gasteiger partial charge in [-0.1, -0.05) is 44.2 Å². The van der Waals surface area contributed by atoms with E-state index in [1.165, 1.54) is 6.42 Å². The fourth-order valence-corrected chi connectivity index (χ4v) is 7.58. The number of rotatable bonds is 11. The zero-order valence-corrected chi connectivity index (χ0v) is 27.4. The van der Waals surface area contributed by atoms with E-state index in [4.69, 9.17) is 14.2 Å². The average Bonchev–Trinajstić information content (AvgIpc) is 3.57. The summed E-state index contributed by atoms with van der Waals surface area (Å²) in [6.07, 6.45) is 4.56. The summed E-state index contributed by atoms with van der Waals surface area (Å²) in [5, 5.41) is 4.31. The Bertz CT molecular complexity index is 1550. The first-order chi connectivity index (χ1) is 20.6. The van der Waals surface area contributed by atoms with Gasteiger partial charge in [-0.2, -0.15) is 0 Å². The molecule has 4 atom stereocenters. The fraction of sp³-hybridized carbons (Fsp3) is 0.553. The summed E-state index contributed by atoms with van der Waals surface area (Å²) >= 11 is 0. The van der Waals surface area contributed by atoms with E-state index in [-0.39, 0.29) is 36.8 Å². The molecule has 0 aliphatic heterocycles. The first kappa shape index (κ1) is 32.0. The second kappa shape index (κ2) is 12.2. The third kappa shape index (κ3) is 6.95. The van der Waals surface area contributed by atoms with E-state index in [1.54, 1.807) is 13.8 Å². The van der Waals surface area contributed by atoms with Crippen LogP contribution in [0.25, 0.3) is 21.5 Å². The molecule has 3 aromatic carbocycles. The lowest BCUT2D eigenvalue weighted by molar-refractivity contribution is -0.172. The summed E-state index contributed by atoms with van der Waals surface area (Å²) in [4.78, 5) is 41.0. The molecule has 4 unspecified atom stereocenters. The molecule has 44 heavy (non-hydrogen) atoms. The number of benzene rings is 3. The standard InChI is InChI=1S/C38H48O6/c1-24(2)21-42-33(39)36(3,4)22-38(7,35(41)44-32-17-25-12-13-29(32)16-25)23-37(5,6)34(40)43-31-15-14-28-18-26-10-8-9-11-27(26)19-30(28)20-31/h8-11,14-15,18-20,24-25,29,32H,12-13,16-17,21-23H2,1-7H3. The van der Waals surface area contributed by atoms with E-state index >= 15 is 0 Å². The Balaban J connectivity index is 1.36. The molecule has 2 fully saturated rings. The van der Waals surface area contributed by atoms with Gasteiger partial charge in [0.05, 0.1) is 22.9 Å². The summed E-state index contributed by atoms with van der Waals surface area (Å²) in [5.74, 6) is 0.545. The smallest absolute Gasteiger partial charge is 0.316 e. The van der Waals surface area contributed by atoms with Gasteiger partial charge in [-0.15, -0.1) is 0 Å². The molecule has 2 bridgehead atoms. The SMILES string of the molecule is CC(C)COC(=O)C(C)(C)CC(C)(CC(C)(C)C(=O)Oc1ccc2cc3ccccc3cc2c1)C(=O)OC1CC2CCC1C2. The second-order valence-electron chi connectivity index (χ2n) is 15.4. The number of esters is 3. The van der Waals surface area contributed by atoms with Crippen LogP contribution < -0.4 is 4.74 Å². The third-order valence-electron chi connectivity index (χ3n) is 9.63. The lowest BCUT2D eigenvalue weighted by Gasteiger charge is -2.39. The normalized spacial score (nSPS) is 21.4. The highest BCUT2D eigenvalue weighted by atomic mass is 16.6. The Hall–Kier alpha value is -3.41. The second-order valence-corrected chi connectivity index (χ2v) is 15.4. The summed E-state index contributed by atoms with van der Waals surface area (Å²) in [7, 11) is 0. The first-order valence-electron chi connectivity index (χ1n) is 16.2. The van der Waals surface area contributed by atoms with Crippen LogP contribution in [0.15, 0.2) is 54.6 Å².